The summed E-state index contributed by atoms with van der Waals surface area (Å²) in [5.74, 6) is 1.72. The van der Waals surface area contributed by atoms with Crippen LogP contribution in [0.2, 0.25) is 0 Å². The average molecular weight is 392 g/mol. The Labute approximate surface area is 169 Å². The summed E-state index contributed by atoms with van der Waals surface area (Å²) in [5.41, 5.74) is 0. The van der Waals surface area contributed by atoms with Crippen molar-refractivity contribution in [3.05, 3.63) is 22.4 Å². The SMILES string of the molecule is CCNC(=NCC1CCN(Cc2cccs2)CC1)NCCN1CCCCC1. The van der Waals surface area contributed by atoms with Gasteiger partial charge in [0.1, 0.15) is 0 Å². The van der Waals surface area contributed by atoms with E-state index in [-0.39, 0.29) is 0 Å². The van der Waals surface area contributed by atoms with E-state index in [1.165, 1.54) is 63.2 Å². The molecule has 2 aliphatic heterocycles. The Morgan fingerprint density at radius 1 is 1.11 bits per heavy atom. The van der Waals surface area contributed by atoms with Crippen LogP contribution in [0.25, 0.3) is 0 Å². The minimum Gasteiger partial charge on any atom is -0.357 e. The maximum Gasteiger partial charge on any atom is 0.191 e. The molecular formula is C21H37N5S. The Hall–Kier alpha value is -1.11. The molecular weight excluding hydrogens is 354 g/mol. The number of hydrogen-bond acceptors (Lipinski definition) is 4. The van der Waals surface area contributed by atoms with E-state index in [0.29, 0.717) is 0 Å². The van der Waals surface area contributed by atoms with E-state index in [2.05, 4.69) is 44.9 Å². The quantitative estimate of drug-likeness (QED) is 0.528. The summed E-state index contributed by atoms with van der Waals surface area (Å²) in [5, 5.41) is 9.12. The highest BCUT2D eigenvalue weighted by molar-refractivity contribution is 7.09. The van der Waals surface area contributed by atoms with Crippen molar-refractivity contribution in [1.29, 1.82) is 0 Å². The monoisotopic (exact) mass is 391 g/mol. The molecule has 2 fully saturated rings. The van der Waals surface area contributed by atoms with E-state index in [1.54, 1.807) is 0 Å². The molecule has 152 valence electrons. The van der Waals surface area contributed by atoms with E-state index in [0.717, 1.165) is 44.6 Å². The predicted octanol–water partition coefficient (Wildman–Crippen LogP) is 3.00. The minimum atomic E-state index is 0.724. The molecule has 1 aromatic heterocycles. The molecule has 0 amide bonds. The smallest absolute Gasteiger partial charge is 0.191 e. The lowest BCUT2D eigenvalue weighted by molar-refractivity contribution is 0.182. The topological polar surface area (TPSA) is 42.9 Å². The number of nitrogens with one attached hydrogen (secondary N) is 2. The zero-order valence-corrected chi connectivity index (χ0v) is 17.8. The molecule has 0 unspecified atom stereocenters. The zero-order chi connectivity index (χ0) is 18.7. The number of nitrogens with zero attached hydrogens (tertiary/aromatic N) is 3. The van der Waals surface area contributed by atoms with Crippen LogP contribution in [-0.2, 0) is 6.54 Å². The third-order valence-electron chi connectivity index (χ3n) is 5.69. The van der Waals surface area contributed by atoms with Crippen LogP contribution in [0, 0.1) is 5.92 Å². The summed E-state index contributed by atoms with van der Waals surface area (Å²) in [6, 6.07) is 4.40. The van der Waals surface area contributed by atoms with Crippen LogP contribution in [-0.4, -0.2) is 68.1 Å². The van der Waals surface area contributed by atoms with Crippen molar-refractivity contribution in [3.8, 4) is 0 Å². The molecule has 27 heavy (non-hydrogen) atoms. The molecule has 0 radical (unpaired) electrons. The average Bonchev–Trinajstić information content (AvgIpc) is 3.21. The fourth-order valence-corrected chi connectivity index (χ4v) is 4.77. The Kier molecular flexibility index (Phi) is 8.91. The van der Waals surface area contributed by atoms with Gasteiger partial charge in [0.05, 0.1) is 0 Å². The second-order valence-electron chi connectivity index (χ2n) is 7.85. The van der Waals surface area contributed by atoms with Gasteiger partial charge in [0, 0.05) is 37.6 Å². The van der Waals surface area contributed by atoms with Crippen molar-refractivity contribution in [2.45, 2.75) is 45.6 Å². The van der Waals surface area contributed by atoms with E-state index in [9.17, 15) is 0 Å². The Morgan fingerprint density at radius 3 is 2.63 bits per heavy atom. The van der Waals surface area contributed by atoms with Gasteiger partial charge in [-0.15, -0.1) is 11.3 Å². The first-order chi connectivity index (χ1) is 13.3. The van der Waals surface area contributed by atoms with Crippen LogP contribution in [0.3, 0.4) is 0 Å². The maximum atomic E-state index is 4.88. The van der Waals surface area contributed by atoms with E-state index in [4.69, 9.17) is 4.99 Å². The first kappa shape index (κ1) is 20.6. The number of hydrogen-bond donors (Lipinski definition) is 2. The zero-order valence-electron chi connectivity index (χ0n) is 17.0. The molecule has 0 aliphatic carbocycles. The molecule has 1 aromatic rings. The predicted molar refractivity (Wildman–Crippen MR) is 117 cm³/mol. The van der Waals surface area contributed by atoms with Gasteiger partial charge < -0.3 is 15.5 Å². The summed E-state index contributed by atoms with van der Waals surface area (Å²) in [6.07, 6.45) is 6.66. The van der Waals surface area contributed by atoms with Crippen molar-refractivity contribution in [2.24, 2.45) is 10.9 Å². The van der Waals surface area contributed by atoms with Gasteiger partial charge in [0.15, 0.2) is 5.96 Å². The lowest BCUT2D eigenvalue weighted by Gasteiger charge is -2.31. The number of rotatable bonds is 8. The lowest BCUT2D eigenvalue weighted by atomic mass is 9.97. The lowest BCUT2D eigenvalue weighted by Crippen LogP contribution is -2.43. The highest BCUT2D eigenvalue weighted by Crippen LogP contribution is 2.20. The van der Waals surface area contributed by atoms with Gasteiger partial charge in [-0.1, -0.05) is 12.5 Å². The number of thiophene rings is 1. The standard InChI is InChI=1S/C21H37N5S/c1-2-22-21(23-10-15-25-11-4-3-5-12-25)24-17-19-8-13-26(14-9-19)18-20-7-6-16-27-20/h6-7,16,19H,2-5,8-15,17-18H2,1H3,(H2,22,23,24). The molecule has 0 aromatic carbocycles. The summed E-state index contributed by atoms with van der Waals surface area (Å²) in [7, 11) is 0. The van der Waals surface area contributed by atoms with Crippen molar-refractivity contribution in [1.82, 2.24) is 20.4 Å². The molecule has 6 heteroatoms. The van der Waals surface area contributed by atoms with Crippen LogP contribution in [0.1, 0.15) is 43.9 Å². The number of piperidine rings is 2. The molecule has 2 aliphatic rings. The molecule has 0 atom stereocenters. The summed E-state index contributed by atoms with van der Waals surface area (Å²) in [4.78, 5) is 11.5. The third-order valence-corrected chi connectivity index (χ3v) is 6.55. The Morgan fingerprint density at radius 2 is 1.93 bits per heavy atom. The van der Waals surface area contributed by atoms with Gasteiger partial charge in [-0.05, 0) is 76.2 Å². The second kappa shape index (κ2) is 11.7. The minimum absolute atomic E-state index is 0.724. The highest BCUT2D eigenvalue weighted by atomic mass is 32.1. The van der Waals surface area contributed by atoms with Gasteiger partial charge in [-0.25, -0.2) is 0 Å². The first-order valence-electron chi connectivity index (χ1n) is 10.8. The largest absolute Gasteiger partial charge is 0.357 e. The highest BCUT2D eigenvalue weighted by Gasteiger charge is 2.19. The number of aliphatic imine (C=N–C) groups is 1. The Balaban J connectivity index is 1.35. The molecule has 3 heterocycles. The van der Waals surface area contributed by atoms with Crippen molar-refractivity contribution < 1.29 is 0 Å². The molecule has 5 nitrogen and oxygen atoms in total. The molecule has 3 rings (SSSR count). The summed E-state index contributed by atoms with van der Waals surface area (Å²) in [6.45, 7) is 12.2. The van der Waals surface area contributed by atoms with Crippen molar-refractivity contribution in [2.75, 3.05) is 52.4 Å². The van der Waals surface area contributed by atoms with Crippen molar-refractivity contribution >= 4 is 17.3 Å². The van der Waals surface area contributed by atoms with Gasteiger partial charge in [-0.3, -0.25) is 9.89 Å². The van der Waals surface area contributed by atoms with Gasteiger partial charge in [0.2, 0.25) is 0 Å². The fraction of sp³-hybridized carbons (Fsp3) is 0.762. The van der Waals surface area contributed by atoms with Crippen LogP contribution < -0.4 is 10.6 Å². The fourth-order valence-electron chi connectivity index (χ4n) is 4.03. The number of guanidine groups is 1. The normalized spacial score (nSPS) is 20.7. The van der Waals surface area contributed by atoms with E-state index in [1.807, 2.05) is 11.3 Å². The van der Waals surface area contributed by atoms with Crippen LogP contribution in [0.15, 0.2) is 22.5 Å². The van der Waals surface area contributed by atoms with Gasteiger partial charge in [0.25, 0.3) is 0 Å². The molecule has 0 bridgehead atoms. The first-order valence-corrected chi connectivity index (χ1v) is 11.7. The van der Waals surface area contributed by atoms with Crippen LogP contribution >= 0.6 is 11.3 Å². The second-order valence-corrected chi connectivity index (χ2v) is 8.88. The third kappa shape index (κ3) is 7.43. The molecule has 0 spiro atoms. The van der Waals surface area contributed by atoms with Crippen molar-refractivity contribution in [3.63, 3.8) is 0 Å². The maximum absolute atomic E-state index is 4.88. The summed E-state index contributed by atoms with van der Waals surface area (Å²) >= 11 is 1.87. The van der Waals surface area contributed by atoms with Crippen LogP contribution in [0.5, 0.6) is 0 Å². The molecule has 2 N–H and O–H groups in total. The molecule has 0 saturated carbocycles. The van der Waals surface area contributed by atoms with Gasteiger partial charge in [-0.2, -0.15) is 0 Å². The number of likely N-dealkylation sites (tertiary alicyclic amines) is 2. The van der Waals surface area contributed by atoms with E-state index >= 15 is 0 Å². The molecule has 2 saturated heterocycles. The Bertz CT molecular complexity index is 531. The van der Waals surface area contributed by atoms with Gasteiger partial charge >= 0.3 is 0 Å². The van der Waals surface area contributed by atoms with E-state index < -0.39 is 0 Å². The van der Waals surface area contributed by atoms with Crippen LogP contribution in [0.4, 0.5) is 0 Å². The summed E-state index contributed by atoms with van der Waals surface area (Å²) < 4.78 is 0.